The van der Waals surface area contributed by atoms with Gasteiger partial charge in [-0.05, 0) is 25.0 Å². The zero-order chi connectivity index (χ0) is 19.5. The monoisotopic (exact) mass is 389 g/mol. The lowest BCUT2D eigenvalue weighted by Crippen LogP contribution is -2.48. The lowest BCUT2D eigenvalue weighted by molar-refractivity contribution is -0.196. The highest BCUT2D eigenvalue weighted by Crippen LogP contribution is 2.44. The van der Waals surface area contributed by atoms with E-state index in [1.165, 1.54) is 18.0 Å². The summed E-state index contributed by atoms with van der Waals surface area (Å²) in [7, 11) is 1.48. The number of nitrogens with zero attached hydrogens (tertiary/aromatic N) is 1. The lowest BCUT2D eigenvalue weighted by Gasteiger charge is -2.43. The summed E-state index contributed by atoms with van der Waals surface area (Å²) < 4.78 is 63.8. The molecule has 0 aliphatic heterocycles. The molecule has 0 atom stereocenters. The van der Waals surface area contributed by atoms with Crippen molar-refractivity contribution >= 4 is 29.2 Å². The number of hydrogen-bond acceptors (Lipinski definition) is 3. The van der Waals surface area contributed by atoms with Crippen LogP contribution < -0.4 is 4.90 Å². The van der Waals surface area contributed by atoms with Gasteiger partial charge in [-0.2, -0.15) is 13.2 Å². The van der Waals surface area contributed by atoms with Gasteiger partial charge in [-0.3, -0.25) is 0 Å². The number of carboxylic acids is 2. The molecule has 1 fully saturated rings. The fraction of sp³-hybridized carbons (Fsp3) is 0.429. The summed E-state index contributed by atoms with van der Waals surface area (Å²) >= 11 is 5.44. The molecule has 0 saturated heterocycles. The predicted molar refractivity (Wildman–Crippen MR) is 77.6 cm³/mol. The quantitative estimate of drug-likeness (QED) is 0.459. The molecule has 0 spiro atoms. The van der Waals surface area contributed by atoms with Crippen molar-refractivity contribution in [3.8, 4) is 0 Å². The maximum absolute atomic E-state index is 13.7. The van der Waals surface area contributed by atoms with Gasteiger partial charge < -0.3 is 15.1 Å². The van der Waals surface area contributed by atoms with Crippen molar-refractivity contribution in [3.05, 3.63) is 28.8 Å². The van der Waals surface area contributed by atoms with Crippen LogP contribution in [0.1, 0.15) is 12.8 Å². The van der Waals surface area contributed by atoms with Crippen molar-refractivity contribution in [2.75, 3.05) is 11.9 Å². The van der Waals surface area contributed by atoms with E-state index in [-0.39, 0.29) is 18.5 Å². The Kier molecular flexibility index (Phi) is 6.58. The highest BCUT2D eigenvalue weighted by Gasteiger charge is 2.49. The zero-order valence-corrected chi connectivity index (χ0v) is 13.4. The maximum atomic E-state index is 13.7. The van der Waals surface area contributed by atoms with E-state index >= 15 is 0 Å². The minimum Gasteiger partial charge on any atom is -0.473 e. The summed E-state index contributed by atoms with van der Waals surface area (Å²) in [6, 6.07) is 1.76. The molecule has 1 aliphatic carbocycles. The van der Waals surface area contributed by atoms with Crippen LogP contribution in [0.25, 0.3) is 0 Å². The maximum Gasteiger partial charge on any atom is 0.414 e. The Morgan fingerprint density at radius 1 is 1.16 bits per heavy atom. The van der Waals surface area contributed by atoms with Crippen molar-refractivity contribution in [3.63, 3.8) is 0 Å². The van der Waals surface area contributed by atoms with Crippen molar-refractivity contribution in [2.24, 2.45) is 5.92 Å². The first-order valence-corrected chi connectivity index (χ1v) is 7.13. The summed E-state index contributed by atoms with van der Waals surface area (Å²) in [6.45, 7) is 0. The first-order valence-electron chi connectivity index (χ1n) is 6.75. The molecule has 140 valence electrons. The van der Waals surface area contributed by atoms with Gasteiger partial charge in [-0.15, -0.1) is 0 Å². The second kappa shape index (κ2) is 7.85. The highest BCUT2D eigenvalue weighted by atomic mass is 35.5. The van der Waals surface area contributed by atoms with Crippen LogP contribution in [-0.4, -0.2) is 41.4 Å². The van der Waals surface area contributed by atoms with E-state index in [1.807, 2.05) is 0 Å². The predicted octanol–water partition coefficient (Wildman–Crippen LogP) is 3.55. The number of carboxylic acid groups (broad SMARTS) is 2. The van der Waals surface area contributed by atoms with Crippen LogP contribution in [-0.2, 0) is 9.59 Å². The van der Waals surface area contributed by atoms with Gasteiger partial charge in [-0.1, -0.05) is 11.6 Å². The molecular weight excluding hydrogens is 377 g/mol. The Bertz CT molecular complexity index is 649. The average molecular weight is 390 g/mol. The molecule has 1 aliphatic rings. The summed E-state index contributed by atoms with van der Waals surface area (Å²) in [6.07, 6.45) is -4.39. The van der Waals surface area contributed by atoms with Crippen molar-refractivity contribution in [1.29, 1.82) is 0 Å². The SMILES string of the molecule is CN(c1ccc(F)c(Cl)c1F)C1CC(C(F)(F)F)C1.O=C(O)C(=O)O. The van der Waals surface area contributed by atoms with E-state index in [2.05, 4.69) is 0 Å². The number of alkyl halides is 3. The number of anilines is 1. The van der Waals surface area contributed by atoms with Gasteiger partial charge in [0.1, 0.15) is 10.8 Å². The largest absolute Gasteiger partial charge is 0.473 e. The van der Waals surface area contributed by atoms with E-state index in [4.69, 9.17) is 31.4 Å². The molecule has 0 bridgehead atoms. The smallest absolute Gasteiger partial charge is 0.414 e. The van der Waals surface area contributed by atoms with E-state index in [1.54, 1.807) is 0 Å². The minimum absolute atomic E-state index is 0.0111. The van der Waals surface area contributed by atoms with Crippen LogP contribution in [0.15, 0.2) is 12.1 Å². The van der Waals surface area contributed by atoms with E-state index in [0.717, 1.165) is 6.07 Å². The molecule has 2 rings (SSSR count). The van der Waals surface area contributed by atoms with Crippen LogP contribution in [0.4, 0.5) is 27.6 Å². The fourth-order valence-corrected chi connectivity index (χ4v) is 2.32. The first-order chi connectivity index (χ1) is 11.4. The standard InChI is InChI=1S/C12H11ClF5N.C2H2O4/c1-19(7-4-6(5-7)12(16,17)18)9-3-2-8(14)10(13)11(9)15;3-1(4)2(5)6/h2-3,6-7H,4-5H2,1H3;(H,3,4)(H,5,6). The molecule has 0 amide bonds. The number of benzene rings is 1. The van der Waals surface area contributed by atoms with Gasteiger partial charge in [0.25, 0.3) is 0 Å². The van der Waals surface area contributed by atoms with Gasteiger partial charge in [0.05, 0.1) is 11.6 Å². The number of hydrogen-bond donors (Lipinski definition) is 2. The molecule has 0 unspecified atom stereocenters. The summed E-state index contributed by atoms with van der Waals surface area (Å²) in [5.74, 6) is -6.83. The van der Waals surface area contributed by atoms with E-state index in [9.17, 15) is 22.0 Å². The third-order valence-corrected chi connectivity index (χ3v) is 4.05. The van der Waals surface area contributed by atoms with Crippen LogP contribution in [0.3, 0.4) is 0 Å². The second-order valence-corrected chi connectivity index (χ2v) is 5.66. The molecule has 11 heteroatoms. The fourth-order valence-electron chi connectivity index (χ4n) is 2.16. The third-order valence-electron chi connectivity index (χ3n) is 3.70. The topological polar surface area (TPSA) is 77.8 Å². The molecule has 1 aromatic carbocycles. The second-order valence-electron chi connectivity index (χ2n) is 5.28. The molecule has 0 aromatic heterocycles. The lowest BCUT2D eigenvalue weighted by atomic mass is 9.79. The Balaban J connectivity index is 0.000000450. The number of aliphatic carboxylic acids is 2. The molecule has 0 heterocycles. The van der Waals surface area contributed by atoms with Crippen LogP contribution in [0.5, 0.6) is 0 Å². The highest BCUT2D eigenvalue weighted by molar-refractivity contribution is 6.31. The Morgan fingerprint density at radius 2 is 1.64 bits per heavy atom. The zero-order valence-electron chi connectivity index (χ0n) is 12.6. The molecule has 1 saturated carbocycles. The van der Waals surface area contributed by atoms with Gasteiger partial charge >= 0.3 is 18.1 Å². The average Bonchev–Trinajstić information content (AvgIpc) is 2.42. The molecular formula is C14H13ClF5NO4. The van der Waals surface area contributed by atoms with E-state index < -0.39 is 46.7 Å². The summed E-state index contributed by atoms with van der Waals surface area (Å²) in [5.41, 5.74) is 0.0111. The van der Waals surface area contributed by atoms with Crippen molar-refractivity contribution in [2.45, 2.75) is 25.1 Å². The van der Waals surface area contributed by atoms with E-state index in [0.29, 0.717) is 0 Å². The summed E-state index contributed by atoms with van der Waals surface area (Å²) in [5, 5.41) is 14.1. The van der Waals surface area contributed by atoms with Crippen LogP contribution >= 0.6 is 11.6 Å². The summed E-state index contributed by atoms with van der Waals surface area (Å²) in [4.78, 5) is 19.6. The molecule has 0 radical (unpaired) electrons. The number of rotatable bonds is 2. The van der Waals surface area contributed by atoms with Gasteiger partial charge in [0.15, 0.2) is 5.82 Å². The first kappa shape index (κ1) is 20.9. The molecule has 2 N–H and O–H groups in total. The van der Waals surface area contributed by atoms with Gasteiger partial charge in [0, 0.05) is 13.1 Å². The number of halogens is 6. The minimum atomic E-state index is -4.21. The van der Waals surface area contributed by atoms with Gasteiger partial charge in [0.2, 0.25) is 0 Å². The Labute approximate surface area is 143 Å². The Hall–Kier alpha value is -2.10. The van der Waals surface area contributed by atoms with Crippen molar-refractivity contribution < 1.29 is 41.8 Å². The van der Waals surface area contributed by atoms with Crippen molar-refractivity contribution in [1.82, 2.24) is 0 Å². The van der Waals surface area contributed by atoms with Crippen LogP contribution in [0.2, 0.25) is 5.02 Å². The number of carbonyl (C=O) groups is 2. The molecule has 1 aromatic rings. The van der Waals surface area contributed by atoms with Crippen LogP contribution in [0, 0.1) is 17.6 Å². The third kappa shape index (κ3) is 5.18. The normalized spacial score (nSPS) is 19.3. The molecule has 25 heavy (non-hydrogen) atoms. The molecule has 5 nitrogen and oxygen atoms in total. The van der Waals surface area contributed by atoms with Gasteiger partial charge in [-0.25, -0.2) is 18.4 Å². The Morgan fingerprint density at radius 3 is 2.04 bits per heavy atom.